The van der Waals surface area contributed by atoms with Gasteiger partial charge in [0.1, 0.15) is 6.61 Å². The maximum Gasteiger partial charge on any atom is 0.222 e. The van der Waals surface area contributed by atoms with Crippen molar-refractivity contribution < 1.29 is 9.90 Å². The van der Waals surface area contributed by atoms with Crippen molar-refractivity contribution in [3.05, 3.63) is 35.4 Å². The molecule has 2 aliphatic rings. The molecule has 1 aromatic rings. The standard InChI is InChI=1S/C22H31N3O2/c1-3-25-13-12-22(11-10-21(25)27)18-24(15-14-23(22)2)17-20-8-6-19(7-9-20)5-4-16-26/h6-9,26H,3,10-18H2,1-2H3/t22-/m1/s1. The van der Waals surface area contributed by atoms with Crippen LogP contribution in [-0.2, 0) is 11.3 Å². The van der Waals surface area contributed by atoms with Gasteiger partial charge in [0, 0.05) is 56.8 Å². The first kappa shape index (κ1) is 19.9. The van der Waals surface area contributed by atoms with E-state index in [0.717, 1.165) is 57.7 Å². The Labute approximate surface area is 162 Å². The lowest BCUT2D eigenvalue weighted by molar-refractivity contribution is -0.130. The number of carbonyl (C=O) groups excluding carboxylic acids is 1. The van der Waals surface area contributed by atoms with E-state index in [1.165, 1.54) is 5.56 Å². The summed E-state index contributed by atoms with van der Waals surface area (Å²) in [6, 6.07) is 8.30. The van der Waals surface area contributed by atoms with Gasteiger partial charge in [-0.25, -0.2) is 0 Å². The van der Waals surface area contributed by atoms with Crippen LogP contribution in [-0.4, -0.2) is 77.6 Å². The number of hydrogen-bond acceptors (Lipinski definition) is 4. The molecule has 0 saturated carbocycles. The first-order valence-corrected chi connectivity index (χ1v) is 9.96. The van der Waals surface area contributed by atoms with Gasteiger partial charge in [0.2, 0.25) is 5.91 Å². The number of nitrogens with zero attached hydrogens (tertiary/aromatic N) is 3. The van der Waals surface area contributed by atoms with Crippen LogP contribution >= 0.6 is 0 Å². The topological polar surface area (TPSA) is 47.0 Å². The molecule has 1 N–H and O–H groups in total. The van der Waals surface area contributed by atoms with E-state index in [-0.39, 0.29) is 12.1 Å². The fraction of sp³-hybridized carbons (Fsp3) is 0.591. The molecule has 27 heavy (non-hydrogen) atoms. The van der Waals surface area contributed by atoms with Gasteiger partial charge < -0.3 is 10.0 Å². The highest BCUT2D eigenvalue weighted by atomic mass is 16.2. The van der Waals surface area contributed by atoms with Crippen molar-refractivity contribution in [2.75, 3.05) is 46.4 Å². The number of likely N-dealkylation sites (N-methyl/N-ethyl adjacent to an activating group) is 1. The molecule has 2 aliphatic heterocycles. The van der Waals surface area contributed by atoms with Gasteiger partial charge in [0.25, 0.3) is 0 Å². The number of carbonyl (C=O) groups is 1. The van der Waals surface area contributed by atoms with Gasteiger partial charge in [-0.05, 0) is 44.5 Å². The quantitative estimate of drug-likeness (QED) is 0.822. The molecule has 0 unspecified atom stereocenters. The average molecular weight is 370 g/mol. The molecule has 5 heteroatoms. The zero-order valence-electron chi connectivity index (χ0n) is 16.6. The summed E-state index contributed by atoms with van der Waals surface area (Å²) < 4.78 is 0. The molecule has 3 rings (SSSR count). The van der Waals surface area contributed by atoms with Crippen molar-refractivity contribution in [1.82, 2.24) is 14.7 Å². The van der Waals surface area contributed by atoms with E-state index >= 15 is 0 Å². The third-order valence-corrected chi connectivity index (χ3v) is 6.14. The minimum Gasteiger partial charge on any atom is -0.384 e. The molecule has 0 bridgehead atoms. The lowest BCUT2D eigenvalue weighted by Gasteiger charge is -2.49. The Balaban J connectivity index is 1.67. The van der Waals surface area contributed by atoms with Crippen molar-refractivity contribution in [2.45, 2.75) is 38.3 Å². The predicted molar refractivity (Wildman–Crippen MR) is 107 cm³/mol. The van der Waals surface area contributed by atoms with Crippen LogP contribution in [0.1, 0.15) is 37.3 Å². The molecule has 2 saturated heterocycles. The molecule has 146 valence electrons. The van der Waals surface area contributed by atoms with Gasteiger partial charge in [0.05, 0.1) is 0 Å². The smallest absolute Gasteiger partial charge is 0.222 e. The Morgan fingerprint density at radius 1 is 1.15 bits per heavy atom. The van der Waals surface area contributed by atoms with Gasteiger partial charge in [-0.3, -0.25) is 14.6 Å². The van der Waals surface area contributed by atoms with Crippen molar-refractivity contribution in [3.63, 3.8) is 0 Å². The molecule has 1 aromatic carbocycles. The van der Waals surface area contributed by atoms with Gasteiger partial charge in [-0.15, -0.1) is 0 Å². The second-order valence-electron chi connectivity index (χ2n) is 7.74. The number of amides is 1. The number of piperazine rings is 1. The predicted octanol–water partition coefficient (Wildman–Crippen LogP) is 1.55. The minimum absolute atomic E-state index is 0.102. The fourth-order valence-electron chi connectivity index (χ4n) is 4.34. The van der Waals surface area contributed by atoms with Crippen molar-refractivity contribution >= 4 is 5.91 Å². The Kier molecular flexibility index (Phi) is 6.54. The molecule has 0 aromatic heterocycles. The molecule has 5 nitrogen and oxygen atoms in total. The number of aliphatic hydroxyl groups is 1. The van der Waals surface area contributed by atoms with E-state index in [1.807, 2.05) is 17.0 Å². The number of hydrogen-bond donors (Lipinski definition) is 1. The Hall–Kier alpha value is -1.87. The average Bonchev–Trinajstić information content (AvgIpc) is 2.84. The lowest BCUT2D eigenvalue weighted by Crippen LogP contribution is -2.60. The molecule has 1 spiro atoms. The van der Waals surface area contributed by atoms with Crippen LogP contribution in [0.15, 0.2) is 24.3 Å². The van der Waals surface area contributed by atoms with Gasteiger partial charge >= 0.3 is 0 Å². The van der Waals surface area contributed by atoms with Crippen LogP contribution in [0.3, 0.4) is 0 Å². The molecular formula is C22H31N3O2. The first-order chi connectivity index (χ1) is 13.1. The van der Waals surface area contributed by atoms with Crippen LogP contribution in [0.4, 0.5) is 0 Å². The van der Waals surface area contributed by atoms with E-state index in [1.54, 1.807) is 0 Å². The molecule has 0 aliphatic carbocycles. The van der Waals surface area contributed by atoms with E-state index in [4.69, 9.17) is 5.11 Å². The third-order valence-electron chi connectivity index (χ3n) is 6.14. The SMILES string of the molecule is CCN1CC[C@]2(CCC1=O)CN(Cc1ccc(C#CCO)cc1)CCN2C. The van der Waals surface area contributed by atoms with Crippen molar-refractivity contribution in [1.29, 1.82) is 0 Å². The Morgan fingerprint density at radius 2 is 1.93 bits per heavy atom. The Bertz CT molecular complexity index is 707. The van der Waals surface area contributed by atoms with E-state index in [0.29, 0.717) is 12.3 Å². The van der Waals surface area contributed by atoms with Crippen molar-refractivity contribution in [3.8, 4) is 11.8 Å². The highest BCUT2D eigenvalue weighted by Gasteiger charge is 2.41. The summed E-state index contributed by atoms with van der Waals surface area (Å²) in [6.45, 7) is 7.68. The zero-order valence-corrected chi connectivity index (χ0v) is 16.6. The summed E-state index contributed by atoms with van der Waals surface area (Å²) in [5.74, 6) is 5.93. The number of rotatable bonds is 3. The van der Waals surface area contributed by atoms with Crippen LogP contribution < -0.4 is 0 Å². The molecule has 1 amide bonds. The van der Waals surface area contributed by atoms with Gasteiger partial charge in [0.15, 0.2) is 0 Å². The Morgan fingerprint density at radius 3 is 2.63 bits per heavy atom. The molecule has 0 radical (unpaired) electrons. The molecule has 1 atom stereocenters. The monoisotopic (exact) mass is 369 g/mol. The highest BCUT2D eigenvalue weighted by Crippen LogP contribution is 2.32. The van der Waals surface area contributed by atoms with Crippen LogP contribution in [0.5, 0.6) is 0 Å². The minimum atomic E-state index is -0.108. The molecule has 2 heterocycles. The summed E-state index contributed by atoms with van der Waals surface area (Å²) in [5.41, 5.74) is 2.32. The summed E-state index contributed by atoms with van der Waals surface area (Å²) in [6.07, 6.45) is 2.66. The third kappa shape index (κ3) is 4.70. The highest BCUT2D eigenvalue weighted by molar-refractivity contribution is 5.76. The molecular weight excluding hydrogens is 338 g/mol. The second-order valence-corrected chi connectivity index (χ2v) is 7.74. The van der Waals surface area contributed by atoms with E-state index in [2.05, 4.69) is 47.7 Å². The van der Waals surface area contributed by atoms with Crippen LogP contribution in [0.25, 0.3) is 0 Å². The maximum atomic E-state index is 12.3. The van der Waals surface area contributed by atoms with Crippen LogP contribution in [0.2, 0.25) is 0 Å². The largest absolute Gasteiger partial charge is 0.384 e. The van der Waals surface area contributed by atoms with Gasteiger partial charge in [-0.2, -0.15) is 0 Å². The lowest BCUT2D eigenvalue weighted by atomic mass is 9.86. The number of benzene rings is 1. The molecule has 2 fully saturated rings. The summed E-state index contributed by atoms with van der Waals surface area (Å²) >= 11 is 0. The zero-order chi connectivity index (χ0) is 19.3. The van der Waals surface area contributed by atoms with Crippen molar-refractivity contribution in [2.24, 2.45) is 0 Å². The summed E-state index contributed by atoms with van der Waals surface area (Å²) in [4.78, 5) is 19.4. The fourth-order valence-corrected chi connectivity index (χ4v) is 4.34. The summed E-state index contributed by atoms with van der Waals surface area (Å²) in [7, 11) is 2.22. The van der Waals surface area contributed by atoms with E-state index < -0.39 is 0 Å². The van der Waals surface area contributed by atoms with Crippen LogP contribution in [0, 0.1) is 11.8 Å². The summed E-state index contributed by atoms with van der Waals surface area (Å²) in [5, 5.41) is 8.80. The van der Waals surface area contributed by atoms with Gasteiger partial charge in [-0.1, -0.05) is 24.0 Å². The first-order valence-electron chi connectivity index (χ1n) is 9.96. The normalized spacial score (nSPS) is 24.6. The number of aliphatic hydroxyl groups excluding tert-OH is 1. The van der Waals surface area contributed by atoms with E-state index in [9.17, 15) is 4.79 Å². The number of likely N-dealkylation sites (tertiary alicyclic amines) is 1. The maximum absolute atomic E-state index is 12.3. The second kappa shape index (κ2) is 8.88.